The van der Waals surface area contributed by atoms with Crippen molar-refractivity contribution in [3.63, 3.8) is 0 Å². The molecule has 1 saturated carbocycles. The van der Waals surface area contributed by atoms with Crippen molar-refractivity contribution >= 4 is 30.7 Å². The normalized spacial score (nSPS) is 22.4. The molecule has 1 aliphatic rings. The standard InChI is InChI=1S/C16H21N5O2.2ClH/c1-16(17)7-3-2-4-12(16)15(22)19-10-13-20-14(21-23-13)11-5-8-18-9-6-11;;/h5-6,8-9,12H,2-4,7,10,17H2,1H3,(H,19,22);2*1H. The van der Waals surface area contributed by atoms with Crippen LogP contribution in [0.1, 0.15) is 38.5 Å². The summed E-state index contributed by atoms with van der Waals surface area (Å²) in [6.45, 7) is 2.16. The van der Waals surface area contributed by atoms with Crippen molar-refractivity contribution in [2.75, 3.05) is 0 Å². The van der Waals surface area contributed by atoms with E-state index in [9.17, 15) is 4.79 Å². The monoisotopic (exact) mass is 387 g/mol. The minimum absolute atomic E-state index is 0. The molecule has 0 bridgehead atoms. The van der Waals surface area contributed by atoms with Crippen molar-refractivity contribution in [2.24, 2.45) is 11.7 Å². The van der Waals surface area contributed by atoms with E-state index in [0.29, 0.717) is 11.7 Å². The summed E-state index contributed by atoms with van der Waals surface area (Å²) in [7, 11) is 0. The molecule has 2 heterocycles. The minimum atomic E-state index is -0.445. The second kappa shape index (κ2) is 9.12. The van der Waals surface area contributed by atoms with Gasteiger partial charge in [0, 0.05) is 23.5 Å². The molecule has 2 unspecified atom stereocenters. The highest BCUT2D eigenvalue weighted by Gasteiger charge is 2.37. The van der Waals surface area contributed by atoms with Crippen LogP contribution in [-0.4, -0.2) is 26.6 Å². The van der Waals surface area contributed by atoms with Gasteiger partial charge in [0.15, 0.2) is 0 Å². The zero-order chi connectivity index (χ0) is 16.3. The Morgan fingerprint density at radius 3 is 2.76 bits per heavy atom. The Hall–Kier alpha value is -1.70. The fourth-order valence-corrected chi connectivity index (χ4v) is 3.02. The average Bonchev–Trinajstić information content (AvgIpc) is 3.02. The molecule has 0 spiro atoms. The highest BCUT2D eigenvalue weighted by atomic mass is 35.5. The SMILES string of the molecule is CC1(N)CCCCC1C(=O)NCc1nc(-c2ccncc2)no1.Cl.Cl. The fourth-order valence-electron chi connectivity index (χ4n) is 3.02. The molecule has 2 atom stereocenters. The first-order valence-electron chi connectivity index (χ1n) is 7.86. The Morgan fingerprint density at radius 2 is 2.08 bits per heavy atom. The Morgan fingerprint density at radius 1 is 1.36 bits per heavy atom. The number of pyridine rings is 1. The van der Waals surface area contributed by atoms with Gasteiger partial charge in [0.1, 0.15) is 0 Å². The van der Waals surface area contributed by atoms with Crippen LogP contribution < -0.4 is 11.1 Å². The lowest BCUT2D eigenvalue weighted by molar-refractivity contribution is -0.128. The van der Waals surface area contributed by atoms with Gasteiger partial charge in [0.05, 0.1) is 12.5 Å². The number of amides is 1. The van der Waals surface area contributed by atoms with Crippen molar-refractivity contribution in [1.29, 1.82) is 0 Å². The van der Waals surface area contributed by atoms with Gasteiger partial charge in [0.25, 0.3) is 0 Å². The zero-order valence-corrected chi connectivity index (χ0v) is 15.6. The molecular formula is C16H23Cl2N5O2. The maximum atomic E-state index is 12.4. The smallest absolute Gasteiger partial charge is 0.246 e. The molecule has 7 nitrogen and oxygen atoms in total. The molecule has 3 rings (SSSR count). The molecule has 25 heavy (non-hydrogen) atoms. The Kier molecular flexibility index (Phi) is 7.79. The summed E-state index contributed by atoms with van der Waals surface area (Å²) in [6.07, 6.45) is 7.15. The van der Waals surface area contributed by atoms with Crippen LogP contribution in [0.5, 0.6) is 0 Å². The molecule has 0 saturated heterocycles. The fraction of sp³-hybridized carbons (Fsp3) is 0.500. The molecule has 9 heteroatoms. The second-order valence-electron chi connectivity index (χ2n) is 6.27. The van der Waals surface area contributed by atoms with Crippen LogP contribution in [0.3, 0.4) is 0 Å². The number of nitrogens with zero attached hydrogens (tertiary/aromatic N) is 3. The Labute approximate surface area is 159 Å². The van der Waals surface area contributed by atoms with E-state index >= 15 is 0 Å². The predicted molar refractivity (Wildman–Crippen MR) is 98.4 cm³/mol. The van der Waals surface area contributed by atoms with Gasteiger partial charge in [0.2, 0.25) is 17.6 Å². The van der Waals surface area contributed by atoms with Crippen LogP contribution in [0.25, 0.3) is 11.4 Å². The van der Waals surface area contributed by atoms with Crippen LogP contribution in [0.4, 0.5) is 0 Å². The molecule has 1 fully saturated rings. The topological polar surface area (TPSA) is 107 Å². The van der Waals surface area contributed by atoms with E-state index < -0.39 is 5.54 Å². The molecule has 3 N–H and O–H groups in total. The summed E-state index contributed by atoms with van der Waals surface area (Å²) in [5.41, 5.74) is 6.63. The van der Waals surface area contributed by atoms with Gasteiger partial charge in [-0.15, -0.1) is 24.8 Å². The number of rotatable bonds is 4. The van der Waals surface area contributed by atoms with Crippen molar-refractivity contribution in [1.82, 2.24) is 20.4 Å². The summed E-state index contributed by atoms with van der Waals surface area (Å²) in [4.78, 5) is 20.6. The van der Waals surface area contributed by atoms with E-state index in [1.807, 2.05) is 6.92 Å². The lowest BCUT2D eigenvalue weighted by Crippen LogP contribution is -2.52. The van der Waals surface area contributed by atoms with E-state index in [1.165, 1.54) is 0 Å². The van der Waals surface area contributed by atoms with E-state index in [4.69, 9.17) is 10.3 Å². The number of halogens is 2. The quantitative estimate of drug-likeness (QED) is 0.834. The number of nitrogens with one attached hydrogen (secondary N) is 1. The molecular weight excluding hydrogens is 365 g/mol. The van der Waals surface area contributed by atoms with Gasteiger partial charge >= 0.3 is 0 Å². The highest BCUT2D eigenvalue weighted by molar-refractivity contribution is 5.85. The average molecular weight is 388 g/mol. The maximum absolute atomic E-state index is 12.4. The highest BCUT2D eigenvalue weighted by Crippen LogP contribution is 2.31. The van der Waals surface area contributed by atoms with Gasteiger partial charge in [-0.05, 0) is 31.9 Å². The van der Waals surface area contributed by atoms with E-state index in [0.717, 1.165) is 31.2 Å². The lowest BCUT2D eigenvalue weighted by atomic mass is 9.74. The Balaban J connectivity index is 0.00000156. The van der Waals surface area contributed by atoms with Crippen molar-refractivity contribution < 1.29 is 9.32 Å². The largest absolute Gasteiger partial charge is 0.347 e. The Bertz CT molecular complexity index is 678. The zero-order valence-electron chi connectivity index (χ0n) is 14.0. The first kappa shape index (κ1) is 21.3. The third-order valence-electron chi connectivity index (χ3n) is 4.39. The molecule has 1 amide bonds. The van der Waals surface area contributed by atoms with Crippen molar-refractivity contribution in [2.45, 2.75) is 44.7 Å². The maximum Gasteiger partial charge on any atom is 0.246 e. The molecule has 138 valence electrons. The van der Waals surface area contributed by atoms with Gasteiger partial charge in [-0.2, -0.15) is 4.98 Å². The van der Waals surface area contributed by atoms with Crippen LogP contribution in [0.2, 0.25) is 0 Å². The van der Waals surface area contributed by atoms with Crippen LogP contribution >= 0.6 is 24.8 Å². The minimum Gasteiger partial charge on any atom is -0.347 e. The van der Waals surface area contributed by atoms with Crippen molar-refractivity contribution in [3.05, 3.63) is 30.4 Å². The number of hydrogen-bond donors (Lipinski definition) is 2. The summed E-state index contributed by atoms with van der Waals surface area (Å²) < 4.78 is 5.18. The van der Waals surface area contributed by atoms with Gasteiger partial charge < -0.3 is 15.6 Å². The predicted octanol–water partition coefficient (Wildman–Crippen LogP) is 2.50. The van der Waals surface area contributed by atoms with E-state index in [1.54, 1.807) is 24.5 Å². The van der Waals surface area contributed by atoms with Crippen LogP contribution in [0.15, 0.2) is 29.0 Å². The summed E-state index contributed by atoms with van der Waals surface area (Å²) in [5.74, 6) is 0.648. The molecule has 2 aromatic rings. The molecule has 0 aromatic carbocycles. The van der Waals surface area contributed by atoms with E-state index in [2.05, 4.69) is 20.4 Å². The number of nitrogens with two attached hydrogens (primary N) is 1. The third-order valence-corrected chi connectivity index (χ3v) is 4.39. The third kappa shape index (κ3) is 5.14. The first-order valence-corrected chi connectivity index (χ1v) is 7.86. The molecule has 2 aromatic heterocycles. The number of carbonyl (C=O) groups excluding carboxylic acids is 1. The number of hydrogen-bond acceptors (Lipinski definition) is 6. The van der Waals surface area contributed by atoms with Gasteiger partial charge in [-0.3, -0.25) is 9.78 Å². The van der Waals surface area contributed by atoms with Gasteiger partial charge in [-0.1, -0.05) is 18.0 Å². The lowest BCUT2D eigenvalue weighted by Gasteiger charge is -2.37. The van der Waals surface area contributed by atoms with Crippen molar-refractivity contribution in [3.8, 4) is 11.4 Å². The second-order valence-corrected chi connectivity index (χ2v) is 6.27. The molecule has 1 aliphatic carbocycles. The summed E-state index contributed by atoms with van der Waals surface area (Å²) in [6, 6.07) is 3.60. The molecule has 0 aliphatic heterocycles. The number of carbonyl (C=O) groups is 1. The van der Waals surface area contributed by atoms with Crippen LogP contribution in [-0.2, 0) is 11.3 Å². The van der Waals surface area contributed by atoms with Crippen LogP contribution in [0, 0.1) is 5.92 Å². The first-order chi connectivity index (χ1) is 11.1. The number of aromatic nitrogens is 3. The molecule has 0 radical (unpaired) electrons. The summed E-state index contributed by atoms with van der Waals surface area (Å²) >= 11 is 0. The summed E-state index contributed by atoms with van der Waals surface area (Å²) in [5, 5.41) is 6.78. The van der Waals surface area contributed by atoms with Gasteiger partial charge in [-0.25, -0.2) is 0 Å². The van der Waals surface area contributed by atoms with E-state index in [-0.39, 0.29) is 43.2 Å².